The molecule has 120 valence electrons. The minimum atomic E-state index is -0.182. The minimum absolute atomic E-state index is 0.182. The zero-order valence-corrected chi connectivity index (χ0v) is 14.0. The molecule has 1 amide bonds. The van der Waals surface area contributed by atoms with E-state index in [0.717, 1.165) is 22.8 Å². The normalized spacial score (nSPS) is 11.2. The van der Waals surface area contributed by atoms with Crippen molar-refractivity contribution in [3.63, 3.8) is 0 Å². The van der Waals surface area contributed by atoms with Gasteiger partial charge in [0.25, 0.3) is 5.91 Å². The zero-order chi connectivity index (χ0) is 16.7. The van der Waals surface area contributed by atoms with Gasteiger partial charge < -0.3 is 5.32 Å². The molecule has 0 atom stereocenters. The molecule has 3 heterocycles. The van der Waals surface area contributed by atoms with Crippen molar-refractivity contribution in [2.45, 2.75) is 34.2 Å². The number of amides is 1. The van der Waals surface area contributed by atoms with Crippen LogP contribution < -0.4 is 5.32 Å². The Morgan fingerprint density at radius 3 is 2.52 bits per heavy atom. The van der Waals surface area contributed by atoms with Crippen LogP contribution in [0.2, 0.25) is 0 Å². The molecule has 0 saturated carbocycles. The van der Waals surface area contributed by atoms with Crippen LogP contribution in [0, 0.1) is 27.7 Å². The summed E-state index contributed by atoms with van der Waals surface area (Å²) in [6, 6.07) is 3.90. The third-order valence-corrected chi connectivity index (χ3v) is 3.89. The van der Waals surface area contributed by atoms with E-state index in [1.165, 1.54) is 0 Å². The summed E-state index contributed by atoms with van der Waals surface area (Å²) in [5.41, 5.74) is 5.47. The van der Waals surface area contributed by atoms with Gasteiger partial charge in [0.15, 0.2) is 5.65 Å². The number of aromatic nitrogens is 5. The number of carbonyl (C=O) groups is 1. The Kier molecular flexibility index (Phi) is 3.63. The minimum Gasteiger partial charge on any atom is -0.346 e. The molecule has 23 heavy (non-hydrogen) atoms. The van der Waals surface area contributed by atoms with Crippen molar-refractivity contribution in [2.24, 2.45) is 7.05 Å². The van der Waals surface area contributed by atoms with Crippen LogP contribution >= 0.6 is 0 Å². The Hall–Kier alpha value is -2.70. The summed E-state index contributed by atoms with van der Waals surface area (Å²) >= 11 is 0. The van der Waals surface area contributed by atoms with E-state index in [-0.39, 0.29) is 5.91 Å². The molecular weight excluding hydrogens is 292 g/mol. The van der Waals surface area contributed by atoms with Crippen molar-refractivity contribution in [3.05, 3.63) is 46.2 Å². The summed E-state index contributed by atoms with van der Waals surface area (Å²) in [4.78, 5) is 17.1. The van der Waals surface area contributed by atoms with Gasteiger partial charge in [-0.25, -0.2) is 9.50 Å². The maximum atomic E-state index is 12.6. The van der Waals surface area contributed by atoms with E-state index in [4.69, 9.17) is 0 Å². The predicted octanol–water partition coefficient (Wildman–Crippen LogP) is 1.63. The van der Waals surface area contributed by atoms with Crippen molar-refractivity contribution in [2.75, 3.05) is 0 Å². The van der Waals surface area contributed by atoms with Crippen LogP contribution in [0.1, 0.15) is 38.8 Å². The maximum absolute atomic E-state index is 12.6. The van der Waals surface area contributed by atoms with Crippen molar-refractivity contribution in [1.29, 1.82) is 0 Å². The summed E-state index contributed by atoms with van der Waals surface area (Å²) in [6.07, 6.45) is 0. The molecule has 0 spiro atoms. The molecule has 3 aromatic heterocycles. The van der Waals surface area contributed by atoms with Crippen molar-refractivity contribution in [3.8, 4) is 0 Å². The van der Waals surface area contributed by atoms with Crippen LogP contribution in [-0.4, -0.2) is 30.3 Å². The fraction of sp³-hybridized carbons (Fsp3) is 0.375. The number of aryl methyl sites for hydroxylation is 5. The van der Waals surface area contributed by atoms with E-state index < -0.39 is 0 Å². The Balaban J connectivity index is 1.90. The molecule has 0 aliphatic rings. The fourth-order valence-electron chi connectivity index (χ4n) is 2.67. The Morgan fingerprint density at radius 2 is 1.87 bits per heavy atom. The van der Waals surface area contributed by atoms with E-state index in [9.17, 15) is 4.79 Å². The molecular formula is C16H20N6O. The molecule has 0 aromatic carbocycles. The third kappa shape index (κ3) is 2.69. The standard InChI is InChI=1S/C16H20N6O/c1-9-6-11(3)22-15(18-9)14(12(4)19-22)16(23)17-8-13-7-10(2)21(5)20-13/h6-7H,8H2,1-5H3,(H,17,23). The first kappa shape index (κ1) is 15.2. The van der Waals surface area contributed by atoms with Crippen molar-refractivity contribution in [1.82, 2.24) is 29.7 Å². The van der Waals surface area contributed by atoms with Crippen LogP contribution in [-0.2, 0) is 13.6 Å². The lowest BCUT2D eigenvalue weighted by Crippen LogP contribution is -2.24. The first-order chi connectivity index (χ1) is 10.9. The molecule has 3 aromatic rings. The molecule has 3 rings (SSSR count). The zero-order valence-electron chi connectivity index (χ0n) is 14.0. The first-order valence-electron chi connectivity index (χ1n) is 7.48. The lowest BCUT2D eigenvalue weighted by Gasteiger charge is -2.04. The number of hydrogen-bond acceptors (Lipinski definition) is 4. The van der Waals surface area contributed by atoms with Crippen LogP contribution in [0.4, 0.5) is 0 Å². The van der Waals surface area contributed by atoms with Gasteiger partial charge in [0.1, 0.15) is 5.56 Å². The lowest BCUT2D eigenvalue weighted by atomic mass is 10.2. The Labute approximate surface area is 134 Å². The molecule has 0 bridgehead atoms. The van der Waals surface area contributed by atoms with Crippen LogP contribution in [0.25, 0.3) is 5.65 Å². The van der Waals surface area contributed by atoms with E-state index in [1.807, 2.05) is 46.9 Å². The second kappa shape index (κ2) is 5.49. The average Bonchev–Trinajstić information content (AvgIpc) is 2.96. The monoisotopic (exact) mass is 312 g/mol. The maximum Gasteiger partial charge on any atom is 0.257 e. The number of nitrogens with one attached hydrogen (secondary N) is 1. The van der Waals surface area contributed by atoms with Crippen molar-refractivity contribution < 1.29 is 4.79 Å². The molecule has 7 nitrogen and oxygen atoms in total. The summed E-state index contributed by atoms with van der Waals surface area (Å²) in [7, 11) is 1.88. The molecule has 0 fully saturated rings. The van der Waals surface area contributed by atoms with Gasteiger partial charge in [0, 0.05) is 24.1 Å². The van der Waals surface area contributed by atoms with Gasteiger partial charge in [-0.15, -0.1) is 0 Å². The van der Waals surface area contributed by atoms with Gasteiger partial charge >= 0.3 is 0 Å². The molecule has 7 heteroatoms. The van der Waals surface area contributed by atoms with E-state index in [2.05, 4.69) is 20.5 Å². The smallest absolute Gasteiger partial charge is 0.257 e. The summed E-state index contributed by atoms with van der Waals surface area (Å²) in [6.45, 7) is 8.04. The van der Waals surface area contributed by atoms with Gasteiger partial charge in [-0.05, 0) is 39.8 Å². The number of carbonyl (C=O) groups excluding carboxylic acids is 1. The van der Waals surface area contributed by atoms with E-state index >= 15 is 0 Å². The molecule has 1 N–H and O–H groups in total. The SMILES string of the molecule is Cc1cc(C)n2nc(C)c(C(=O)NCc3cc(C)n(C)n3)c2n1. The number of nitrogens with zero attached hydrogens (tertiary/aromatic N) is 5. The number of fused-ring (bicyclic) bond motifs is 1. The number of rotatable bonds is 3. The van der Waals surface area contributed by atoms with Crippen LogP contribution in [0.3, 0.4) is 0 Å². The highest BCUT2D eigenvalue weighted by Gasteiger charge is 2.19. The molecule has 0 aliphatic heterocycles. The van der Waals surface area contributed by atoms with Gasteiger partial charge in [-0.3, -0.25) is 9.48 Å². The number of hydrogen-bond donors (Lipinski definition) is 1. The average molecular weight is 312 g/mol. The largest absolute Gasteiger partial charge is 0.346 e. The van der Waals surface area contributed by atoms with E-state index in [1.54, 1.807) is 9.20 Å². The summed E-state index contributed by atoms with van der Waals surface area (Å²) < 4.78 is 3.50. The predicted molar refractivity (Wildman–Crippen MR) is 86.3 cm³/mol. The quantitative estimate of drug-likeness (QED) is 0.797. The topological polar surface area (TPSA) is 77.1 Å². The lowest BCUT2D eigenvalue weighted by molar-refractivity contribution is 0.0951. The Morgan fingerprint density at radius 1 is 1.13 bits per heavy atom. The Bertz CT molecular complexity index is 886. The first-order valence-corrected chi connectivity index (χ1v) is 7.48. The highest BCUT2D eigenvalue weighted by molar-refractivity contribution is 6.01. The second-order valence-electron chi connectivity index (χ2n) is 5.82. The third-order valence-electron chi connectivity index (χ3n) is 3.89. The van der Waals surface area contributed by atoms with Crippen LogP contribution in [0.5, 0.6) is 0 Å². The molecule has 0 saturated heterocycles. The van der Waals surface area contributed by atoms with Gasteiger partial charge in [-0.1, -0.05) is 0 Å². The summed E-state index contributed by atoms with van der Waals surface area (Å²) in [5.74, 6) is -0.182. The summed E-state index contributed by atoms with van der Waals surface area (Å²) in [5, 5.41) is 11.7. The van der Waals surface area contributed by atoms with Gasteiger partial charge in [0.2, 0.25) is 0 Å². The molecule has 0 radical (unpaired) electrons. The molecule has 0 aliphatic carbocycles. The van der Waals surface area contributed by atoms with Gasteiger partial charge in [0.05, 0.1) is 17.9 Å². The fourth-order valence-corrected chi connectivity index (χ4v) is 2.67. The van der Waals surface area contributed by atoms with E-state index in [0.29, 0.717) is 23.4 Å². The second-order valence-corrected chi connectivity index (χ2v) is 5.82. The molecule has 0 unspecified atom stereocenters. The highest BCUT2D eigenvalue weighted by Crippen LogP contribution is 2.16. The highest BCUT2D eigenvalue weighted by atomic mass is 16.1. The van der Waals surface area contributed by atoms with Crippen LogP contribution in [0.15, 0.2) is 12.1 Å². The van der Waals surface area contributed by atoms with Gasteiger partial charge in [-0.2, -0.15) is 10.2 Å². The van der Waals surface area contributed by atoms with Crippen molar-refractivity contribution >= 4 is 11.6 Å².